The fourth-order valence-electron chi connectivity index (χ4n) is 1.22. The summed E-state index contributed by atoms with van der Waals surface area (Å²) in [5.74, 6) is -0.587. The van der Waals surface area contributed by atoms with Crippen LogP contribution in [0.4, 0.5) is 0 Å². The van der Waals surface area contributed by atoms with E-state index in [4.69, 9.17) is 5.11 Å². The highest BCUT2D eigenvalue weighted by Gasteiger charge is 2.23. The topological polar surface area (TPSA) is 92.7 Å². The fourth-order valence-corrected chi connectivity index (χ4v) is 4.74. The molecular weight excluding hydrogens is 358 g/mol. The highest BCUT2D eigenvalue weighted by atomic mass is 79.9. The van der Waals surface area contributed by atoms with Gasteiger partial charge in [-0.1, -0.05) is 0 Å². The monoisotopic (exact) mass is 371 g/mol. The van der Waals surface area contributed by atoms with Crippen LogP contribution in [0.2, 0.25) is 0 Å². The summed E-state index contributed by atoms with van der Waals surface area (Å²) in [4.78, 5) is 11.5. The highest BCUT2D eigenvalue weighted by molar-refractivity contribution is 9.11. The number of esters is 1. The van der Waals surface area contributed by atoms with Crippen LogP contribution in [0, 0.1) is 0 Å². The number of nitrogens with one attached hydrogen (secondary N) is 1. The van der Waals surface area contributed by atoms with Crippen LogP contribution < -0.4 is 4.72 Å². The van der Waals surface area contributed by atoms with E-state index >= 15 is 0 Å². The summed E-state index contributed by atoms with van der Waals surface area (Å²) in [6, 6.07) is 1.26. The van der Waals surface area contributed by atoms with Crippen LogP contribution in [-0.4, -0.2) is 39.3 Å². The first-order chi connectivity index (χ1) is 8.77. The molecule has 0 amide bonds. The molecule has 0 aliphatic rings. The van der Waals surface area contributed by atoms with Crippen molar-refractivity contribution in [3.05, 3.63) is 14.7 Å². The zero-order chi connectivity index (χ0) is 14.6. The minimum Gasteiger partial charge on any atom is -0.465 e. The number of sulfonamides is 1. The number of hydrogen-bond acceptors (Lipinski definition) is 6. The summed E-state index contributed by atoms with van der Waals surface area (Å²) < 4.78 is 31.2. The molecule has 1 rings (SSSR count). The average Bonchev–Trinajstić information content (AvgIpc) is 2.70. The maximum atomic E-state index is 12.0. The minimum absolute atomic E-state index is 0.0107. The third-order valence-electron chi connectivity index (χ3n) is 2.19. The highest BCUT2D eigenvalue weighted by Crippen LogP contribution is 2.31. The third-order valence-corrected chi connectivity index (χ3v) is 5.88. The van der Waals surface area contributed by atoms with Crippen molar-refractivity contribution in [2.45, 2.75) is 24.3 Å². The lowest BCUT2D eigenvalue weighted by atomic mass is 10.3. The summed E-state index contributed by atoms with van der Waals surface area (Å²) in [6.45, 7) is 1.69. The number of hydrogen-bond donors (Lipinski definition) is 2. The summed E-state index contributed by atoms with van der Waals surface area (Å²) >= 11 is 4.10. The van der Waals surface area contributed by atoms with Crippen molar-refractivity contribution in [3.8, 4) is 0 Å². The molecule has 1 atom stereocenters. The standard InChI is InChI=1S/C10H14BrNO5S2/c1-6(13)3-4-12-19(15,16)8-5-7(10(14)17-2)18-9(8)11/h5-6,12-13H,3-4H2,1-2H3. The maximum absolute atomic E-state index is 12.0. The zero-order valence-corrected chi connectivity index (χ0v) is 13.6. The number of ether oxygens (including phenoxy) is 1. The van der Waals surface area contributed by atoms with Gasteiger partial charge in [0.15, 0.2) is 0 Å². The lowest BCUT2D eigenvalue weighted by molar-refractivity contribution is 0.0606. The van der Waals surface area contributed by atoms with Crippen LogP contribution in [0.5, 0.6) is 0 Å². The Morgan fingerprint density at radius 2 is 2.26 bits per heavy atom. The molecular formula is C10H14BrNO5S2. The number of methoxy groups -OCH3 is 1. The molecule has 0 radical (unpaired) electrons. The molecule has 2 N–H and O–H groups in total. The summed E-state index contributed by atoms with van der Waals surface area (Å²) in [5.41, 5.74) is 0. The first-order valence-corrected chi connectivity index (χ1v) is 8.42. The predicted molar refractivity (Wildman–Crippen MR) is 74.8 cm³/mol. The Hall–Kier alpha value is -0.480. The van der Waals surface area contributed by atoms with Gasteiger partial charge in [-0.3, -0.25) is 0 Å². The molecule has 1 aromatic rings. The summed E-state index contributed by atoms with van der Waals surface area (Å²) in [5, 5.41) is 9.08. The van der Waals surface area contributed by atoms with Gasteiger partial charge in [0.2, 0.25) is 10.0 Å². The maximum Gasteiger partial charge on any atom is 0.348 e. The van der Waals surface area contributed by atoms with E-state index in [9.17, 15) is 13.2 Å². The molecule has 0 aliphatic carbocycles. The molecule has 19 heavy (non-hydrogen) atoms. The van der Waals surface area contributed by atoms with E-state index < -0.39 is 22.1 Å². The second-order valence-corrected chi connectivity index (χ2v) is 7.88. The number of aliphatic hydroxyl groups is 1. The van der Waals surface area contributed by atoms with E-state index in [1.807, 2.05) is 0 Å². The van der Waals surface area contributed by atoms with Gasteiger partial charge in [0.05, 0.1) is 17.0 Å². The molecule has 0 spiro atoms. The first kappa shape index (κ1) is 16.6. The molecule has 108 valence electrons. The second kappa shape index (κ2) is 6.80. The van der Waals surface area contributed by atoms with E-state index in [0.29, 0.717) is 10.2 Å². The molecule has 0 aromatic carbocycles. The van der Waals surface area contributed by atoms with Gasteiger partial charge >= 0.3 is 5.97 Å². The van der Waals surface area contributed by atoms with Gasteiger partial charge in [0.1, 0.15) is 9.77 Å². The van der Waals surface area contributed by atoms with Gasteiger partial charge in [-0.2, -0.15) is 0 Å². The molecule has 1 unspecified atom stereocenters. The van der Waals surface area contributed by atoms with E-state index in [-0.39, 0.29) is 16.3 Å². The third kappa shape index (κ3) is 4.53. The number of halogens is 1. The van der Waals surface area contributed by atoms with Crippen molar-refractivity contribution < 1.29 is 23.1 Å². The van der Waals surface area contributed by atoms with Crippen molar-refractivity contribution in [2.75, 3.05) is 13.7 Å². The largest absolute Gasteiger partial charge is 0.465 e. The Bertz CT molecular complexity index is 552. The molecule has 0 fully saturated rings. The van der Waals surface area contributed by atoms with Gasteiger partial charge in [-0.25, -0.2) is 17.9 Å². The van der Waals surface area contributed by atoms with Crippen molar-refractivity contribution in [2.24, 2.45) is 0 Å². The molecule has 9 heteroatoms. The Kier molecular flexibility index (Phi) is 5.93. The quantitative estimate of drug-likeness (QED) is 0.736. The van der Waals surface area contributed by atoms with Crippen LogP contribution in [-0.2, 0) is 14.8 Å². The molecule has 0 saturated heterocycles. The zero-order valence-electron chi connectivity index (χ0n) is 10.3. The average molecular weight is 372 g/mol. The summed E-state index contributed by atoms with van der Waals surface area (Å²) in [6.07, 6.45) is -0.274. The second-order valence-electron chi connectivity index (χ2n) is 3.78. The normalized spacial score (nSPS) is 13.3. The van der Waals surface area contributed by atoms with E-state index in [0.717, 1.165) is 11.3 Å². The molecule has 1 heterocycles. The number of carbonyl (C=O) groups excluding carboxylic acids is 1. The van der Waals surface area contributed by atoms with Gasteiger partial charge < -0.3 is 9.84 Å². The van der Waals surface area contributed by atoms with Crippen LogP contribution in [0.15, 0.2) is 14.7 Å². The molecule has 0 aliphatic heterocycles. The number of carbonyl (C=O) groups is 1. The molecule has 1 aromatic heterocycles. The predicted octanol–water partition coefficient (Wildman–Crippen LogP) is 1.35. The van der Waals surface area contributed by atoms with E-state index in [1.54, 1.807) is 6.92 Å². The molecule has 6 nitrogen and oxygen atoms in total. The number of aliphatic hydroxyl groups excluding tert-OH is 1. The van der Waals surface area contributed by atoms with Crippen LogP contribution in [0.1, 0.15) is 23.0 Å². The Morgan fingerprint density at radius 3 is 2.79 bits per heavy atom. The van der Waals surface area contributed by atoms with E-state index in [2.05, 4.69) is 25.4 Å². The van der Waals surface area contributed by atoms with Gasteiger partial charge in [-0.05, 0) is 35.3 Å². The van der Waals surface area contributed by atoms with Crippen molar-refractivity contribution in [1.82, 2.24) is 4.72 Å². The van der Waals surface area contributed by atoms with Crippen LogP contribution in [0.25, 0.3) is 0 Å². The number of thiophene rings is 1. The Labute approximate surface area is 124 Å². The van der Waals surface area contributed by atoms with Crippen molar-refractivity contribution >= 4 is 43.3 Å². The smallest absolute Gasteiger partial charge is 0.348 e. The Balaban J connectivity index is 2.89. The first-order valence-electron chi connectivity index (χ1n) is 5.33. The van der Waals surface area contributed by atoms with E-state index in [1.165, 1.54) is 13.2 Å². The summed E-state index contributed by atoms with van der Waals surface area (Å²) in [7, 11) is -2.49. The fraction of sp³-hybridized carbons (Fsp3) is 0.500. The lowest BCUT2D eigenvalue weighted by Crippen LogP contribution is -2.26. The van der Waals surface area contributed by atoms with Crippen LogP contribution >= 0.6 is 27.3 Å². The Morgan fingerprint density at radius 1 is 1.63 bits per heavy atom. The van der Waals surface area contributed by atoms with Crippen molar-refractivity contribution in [1.29, 1.82) is 0 Å². The van der Waals surface area contributed by atoms with Crippen molar-refractivity contribution in [3.63, 3.8) is 0 Å². The molecule has 0 bridgehead atoms. The minimum atomic E-state index is -3.71. The molecule has 0 saturated carbocycles. The van der Waals surface area contributed by atoms with Crippen LogP contribution in [0.3, 0.4) is 0 Å². The number of rotatable bonds is 6. The van der Waals surface area contributed by atoms with Gasteiger partial charge in [0.25, 0.3) is 0 Å². The SMILES string of the molecule is COC(=O)c1cc(S(=O)(=O)NCCC(C)O)c(Br)s1. The lowest BCUT2D eigenvalue weighted by Gasteiger charge is -2.06. The van der Waals surface area contributed by atoms with Gasteiger partial charge in [0, 0.05) is 6.54 Å². The van der Waals surface area contributed by atoms with Gasteiger partial charge in [-0.15, -0.1) is 11.3 Å².